The number of nitrogens with zero attached hydrogens (tertiary/aromatic N) is 4. The molecule has 1 aromatic heterocycles. The molecule has 0 saturated carbocycles. The van der Waals surface area contributed by atoms with E-state index in [4.69, 9.17) is 0 Å². The van der Waals surface area contributed by atoms with Crippen molar-refractivity contribution in [3.8, 4) is 0 Å². The van der Waals surface area contributed by atoms with Crippen molar-refractivity contribution in [2.24, 2.45) is 0 Å². The smallest absolute Gasteiger partial charge is 0.243 e. The first kappa shape index (κ1) is 22.0. The second-order valence-electron chi connectivity index (χ2n) is 7.80. The molecule has 1 atom stereocenters. The van der Waals surface area contributed by atoms with E-state index in [0.29, 0.717) is 25.9 Å². The molecule has 0 aliphatic carbocycles. The molecule has 0 fully saturated rings. The lowest BCUT2D eigenvalue weighted by atomic mass is 10.1. The molecule has 7 nitrogen and oxygen atoms in total. The molecule has 1 aliphatic rings. The number of aromatic nitrogens is 2. The third-order valence-electron chi connectivity index (χ3n) is 5.58. The Bertz CT molecular complexity index is 849. The highest BCUT2D eigenvalue weighted by Gasteiger charge is 2.34. The van der Waals surface area contributed by atoms with E-state index in [1.165, 1.54) is 5.56 Å². The van der Waals surface area contributed by atoms with Crippen LogP contribution >= 0.6 is 0 Å². The second kappa shape index (κ2) is 10.4. The predicted octanol–water partition coefficient (Wildman–Crippen LogP) is 2.74. The summed E-state index contributed by atoms with van der Waals surface area (Å²) in [6.07, 6.45) is 1.81. The number of hydrogen-bond donors (Lipinski definition) is 1. The summed E-state index contributed by atoms with van der Waals surface area (Å²) in [5, 5.41) is 7.48. The van der Waals surface area contributed by atoms with Gasteiger partial charge in [0.1, 0.15) is 11.9 Å². The maximum Gasteiger partial charge on any atom is 0.243 e. The number of rotatable bonds is 10. The maximum atomic E-state index is 12.9. The Labute approximate surface area is 179 Å². The lowest BCUT2D eigenvalue weighted by Gasteiger charge is -2.33. The Morgan fingerprint density at radius 1 is 1.27 bits per heavy atom. The van der Waals surface area contributed by atoms with Gasteiger partial charge in [0.15, 0.2) is 0 Å². The number of aryl methyl sites for hydroxylation is 2. The van der Waals surface area contributed by atoms with E-state index in [1.54, 1.807) is 4.90 Å². The van der Waals surface area contributed by atoms with Crippen molar-refractivity contribution >= 4 is 17.6 Å². The van der Waals surface area contributed by atoms with Crippen LogP contribution in [-0.4, -0.2) is 52.2 Å². The number of carbonyl (C=O) groups is 2. The monoisotopic (exact) mass is 411 g/mol. The van der Waals surface area contributed by atoms with E-state index in [1.807, 2.05) is 30.7 Å². The summed E-state index contributed by atoms with van der Waals surface area (Å²) in [6.45, 7) is 9.97. The van der Waals surface area contributed by atoms with Gasteiger partial charge in [-0.3, -0.25) is 19.4 Å². The standard InChI is InChI=1S/C23H33N5O2/c1-4-20(28-21-16-18(3)25-27(21)15-12-22(28)29)23(30)24-13-9-14-26(5-2)17-19-10-7-6-8-11-19/h6-8,10-11,16,20H,4-5,9,12-15,17H2,1-3H3,(H,24,30)/t20-/m0/s1. The molecule has 1 N–H and O–H groups in total. The van der Waals surface area contributed by atoms with Gasteiger partial charge in [-0.15, -0.1) is 0 Å². The number of anilines is 1. The fourth-order valence-corrected chi connectivity index (χ4v) is 3.98. The molecule has 1 aliphatic heterocycles. The fourth-order valence-electron chi connectivity index (χ4n) is 3.98. The average molecular weight is 412 g/mol. The van der Waals surface area contributed by atoms with Gasteiger partial charge in [0.2, 0.25) is 11.8 Å². The van der Waals surface area contributed by atoms with Crippen molar-refractivity contribution in [2.45, 2.75) is 59.2 Å². The summed E-state index contributed by atoms with van der Waals surface area (Å²) in [4.78, 5) is 29.5. The van der Waals surface area contributed by atoms with Crippen LogP contribution < -0.4 is 10.2 Å². The zero-order chi connectivity index (χ0) is 21.5. The van der Waals surface area contributed by atoms with E-state index >= 15 is 0 Å². The number of hydrogen-bond acceptors (Lipinski definition) is 4. The molecule has 30 heavy (non-hydrogen) atoms. The number of amides is 2. The lowest BCUT2D eigenvalue weighted by Crippen LogP contribution is -2.52. The Morgan fingerprint density at radius 3 is 2.73 bits per heavy atom. The topological polar surface area (TPSA) is 70.5 Å². The molecule has 0 unspecified atom stereocenters. The van der Waals surface area contributed by atoms with Crippen molar-refractivity contribution in [3.05, 3.63) is 47.7 Å². The van der Waals surface area contributed by atoms with Gasteiger partial charge in [0, 0.05) is 32.1 Å². The maximum absolute atomic E-state index is 12.9. The quantitative estimate of drug-likeness (QED) is 0.611. The highest BCUT2D eigenvalue weighted by Crippen LogP contribution is 2.26. The van der Waals surface area contributed by atoms with Crippen LogP contribution in [-0.2, 0) is 22.7 Å². The first-order valence-corrected chi connectivity index (χ1v) is 10.9. The Balaban J connectivity index is 1.52. The predicted molar refractivity (Wildman–Crippen MR) is 118 cm³/mol. The normalized spacial score (nSPS) is 14.7. The van der Waals surface area contributed by atoms with Crippen molar-refractivity contribution in [3.63, 3.8) is 0 Å². The average Bonchev–Trinajstić information content (AvgIpc) is 3.13. The van der Waals surface area contributed by atoms with Crippen LogP contribution in [0.3, 0.4) is 0 Å². The third kappa shape index (κ3) is 5.27. The van der Waals surface area contributed by atoms with Gasteiger partial charge in [0.05, 0.1) is 12.2 Å². The molecule has 2 heterocycles. The molecule has 0 radical (unpaired) electrons. The second-order valence-corrected chi connectivity index (χ2v) is 7.80. The van der Waals surface area contributed by atoms with Gasteiger partial charge in [-0.05, 0) is 31.9 Å². The minimum Gasteiger partial charge on any atom is -0.354 e. The summed E-state index contributed by atoms with van der Waals surface area (Å²) >= 11 is 0. The first-order chi connectivity index (χ1) is 14.5. The highest BCUT2D eigenvalue weighted by atomic mass is 16.2. The lowest BCUT2D eigenvalue weighted by molar-refractivity contribution is -0.127. The van der Waals surface area contributed by atoms with E-state index in [9.17, 15) is 9.59 Å². The van der Waals surface area contributed by atoms with E-state index in [2.05, 4.69) is 46.5 Å². The molecular formula is C23H33N5O2. The van der Waals surface area contributed by atoms with E-state index < -0.39 is 6.04 Å². The van der Waals surface area contributed by atoms with Crippen LogP contribution in [0.4, 0.5) is 5.82 Å². The Kier molecular flexibility index (Phi) is 7.63. The molecule has 7 heteroatoms. The minimum absolute atomic E-state index is 0.00980. The van der Waals surface area contributed by atoms with Crippen LogP contribution in [0.25, 0.3) is 0 Å². The molecule has 2 aromatic rings. The van der Waals surface area contributed by atoms with Crippen molar-refractivity contribution in [1.29, 1.82) is 0 Å². The van der Waals surface area contributed by atoms with E-state index in [0.717, 1.165) is 37.6 Å². The summed E-state index contributed by atoms with van der Waals surface area (Å²) in [5.74, 6) is 0.624. The third-order valence-corrected chi connectivity index (χ3v) is 5.58. The molecule has 3 rings (SSSR count). The van der Waals surface area contributed by atoms with E-state index in [-0.39, 0.29) is 11.8 Å². The van der Waals surface area contributed by atoms with Crippen molar-refractivity contribution in [2.75, 3.05) is 24.5 Å². The van der Waals surface area contributed by atoms with Crippen molar-refractivity contribution in [1.82, 2.24) is 20.0 Å². The molecule has 162 valence electrons. The zero-order valence-corrected chi connectivity index (χ0v) is 18.3. The van der Waals surface area contributed by atoms with Crippen LogP contribution in [0, 0.1) is 6.92 Å². The highest BCUT2D eigenvalue weighted by molar-refractivity contribution is 6.00. The summed E-state index contributed by atoms with van der Waals surface area (Å²) in [5.41, 5.74) is 2.16. The van der Waals surface area contributed by atoms with Gasteiger partial charge in [0.25, 0.3) is 0 Å². The van der Waals surface area contributed by atoms with Crippen LogP contribution in [0.1, 0.15) is 44.4 Å². The number of carbonyl (C=O) groups excluding carboxylic acids is 2. The molecule has 2 amide bonds. The van der Waals surface area contributed by atoms with Gasteiger partial charge in [-0.1, -0.05) is 44.2 Å². The van der Waals surface area contributed by atoms with Crippen molar-refractivity contribution < 1.29 is 9.59 Å². The van der Waals surface area contributed by atoms with Gasteiger partial charge in [-0.2, -0.15) is 5.10 Å². The van der Waals surface area contributed by atoms with Gasteiger partial charge < -0.3 is 5.32 Å². The molecule has 0 bridgehead atoms. The first-order valence-electron chi connectivity index (χ1n) is 10.9. The fraction of sp³-hybridized carbons (Fsp3) is 0.522. The molecule has 1 aromatic carbocycles. The van der Waals surface area contributed by atoms with Gasteiger partial charge in [-0.25, -0.2) is 4.68 Å². The number of nitrogens with one attached hydrogen (secondary N) is 1. The van der Waals surface area contributed by atoms with Crippen LogP contribution in [0.2, 0.25) is 0 Å². The number of fused-ring (bicyclic) bond motifs is 1. The molecule has 0 spiro atoms. The Morgan fingerprint density at radius 2 is 2.03 bits per heavy atom. The zero-order valence-electron chi connectivity index (χ0n) is 18.3. The largest absolute Gasteiger partial charge is 0.354 e. The molecule has 0 saturated heterocycles. The van der Waals surface area contributed by atoms with Crippen LogP contribution in [0.15, 0.2) is 36.4 Å². The van der Waals surface area contributed by atoms with Gasteiger partial charge >= 0.3 is 0 Å². The van der Waals surface area contributed by atoms with Crippen LogP contribution in [0.5, 0.6) is 0 Å². The molecular weight excluding hydrogens is 378 g/mol. The summed E-state index contributed by atoms with van der Waals surface area (Å²) in [6, 6.07) is 11.8. The number of benzene rings is 1. The SMILES string of the molecule is CC[C@@H](C(=O)NCCCN(CC)Cc1ccccc1)N1C(=O)CCn2nc(C)cc21. The Hall–Kier alpha value is -2.67. The summed E-state index contributed by atoms with van der Waals surface area (Å²) in [7, 11) is 0. The summed E-state index contributed by atoms with van der Waals surface area (Å²) < 4.78 is 1.83. The minimum atomic E-state index is -0.501.